The van der Waals surface area contributed by atoms with Crippen molar-refractivity contribution >= 4 is 10.0 Å². The largest absolute Gasteiger partial charge is 0.328 e. The van der Waals surface area contributed by atoms with Crippen LogP contribution >= 0.6 is 0 Å². The van der Waals surface area contributed by atoms with Crippen LogP contribution in [0.4, 0.5) is 0 Å². The molecule has 1 heterocycles. The Balaban J connectivity index is 1.69. The van der Waals surface area contributed by atoms with Gasteiger partial charge in [-0.15, -0.1) is 0 Å². The van der Waals surface area contributed by atoms with Crippen molar-refractivity contribution in [1.29, 1.82) is 0 Å². The molecule has 0 bridgehead atoms. The highest BCUT2D eigenvalue weighted by atomic mass is 32.2. The molecule has 0 spiro atoms. The number of nitrogens with two attached hydrogens (primary N) is 1. The van der Waals surface area contributed by atoms with Gasteiger partial charge in [-0.05, 0) is 43.9 Å². The Labute approximate surface area is 116 Å². The molecule has 5 heteroatoms. The number of hydrogen-bond donors (Lipinski definition) is 1. The molecule has 2 saturated carbocycles. The molecule has 1 saturated heterocycles. The summed E-state index contributed by atoms with van der Waals surface area (Å²) in [6, 6.07) is 0.290. The number of sulfonamides is 1. The smallest absolute Gasteiger partial charge is 0.216 e. The molecule has 0 aromatic rings. The highest BCUT2D eigenvalue weighted by molar-refractivity contribution is 7.89. The SMILES string of the molecule is NC1CC[C@@H]2CN(S(=O)(=O)C3CCCCC3)C[C@@H]2C1. The van der Waals surface area contributed by atoms with Gasteiger partial charge in [-0.2, -0.15) is 0 Å². The summed E-state index contributed by atoms with van der Waals surface area (Å²) >= 11 is 0. The number of rotatable bonds is 2. The van der Waals surface area contributed by atoms with Crippen LogP contribution in [0.3, 0.4) is 0 Å². The maximum absolute atomic E-state index is 12.7. The summed E-state index contributed by atoms with van der Waals surface area (Å²) in [6.07, 6.45) is 8.29. The van der Waals surface area contributed by atoms with Crippen molar-refractivity contribution in [3.8, 4) is 0 Å². The fourth-order valence-corrected chi connectivity index (χ4v) is 6.36. The van der Waals surface area contributed by atoms with E-state index in [1.54, 1.807) is 4.31 Å². The summed E-state index contributed by atoms with van der Waals surface area (Å²) in [7, 11) is -3.04. The van der Waals surface area contributed by atoms with Crippen LogP contribution < -0.4 is 5.73 Å². The Hall–Kier alpha value is -0.130. The molecule has 2 N–H and O–H groups in total. The molecular weight excluding hydrogens is 260 g/mol. The van der Waals surface area contributed by atoms with Crippen molar-refractivity contribution in [2.24, 2.45) is 17.6 Å². The lowest BCUT2D eigenvalue weighted by Crippen LogP contribution is -2.38. The summed E-state index contributed by atoms with van der Waals surface area (Å²) in [6.45, 7) is 1.49. The normalized spacial score (nSPS) is 38.3. The van der Waals surface area contributed by atoms with Crippen LogP contribution in [0.1, 0.15) is 51.4 Å². The summed E-state index contributed by atoms with van der Waals surface area (Å²) in [5, 5.41) is -0.102. The fourth-order valence-electron chi connectivity index (χ4n) is 4.21. The zero-order valence-electron chi connectivity index (χ0n) is 11.6. The molecule has 3 aliphatic rings. The summed E-state index contributed by atoms with van der Waals surface area (Å²) < 4.78 is 27.2. The van der Waals surface area contributed by atoms with Crippen LogP contribution in [0.25, 0.3) is 0 Å². The van der Waals surface area contributed by atoms with Gasteiger partial charge >= 0.3 is 0 Å². The van der Waals surface area contributed by atoms with E-state index in [-0.39, 0.29) is 5.25 Å². The molecule has 3 rings (SSSR count). The molecular formula is C14H26N2O2S. The standard InChI is InChI=1S/C14H26N2O2S/c15-13-7-6-11-9-16(10-12(11)8-13)19(17,18)14-4-2-1-3-5-14/h11-14H,1-10,15H2/t11-,12+,13?/m1/s1. The highest BCUT2D eigenvalue weighted by Crippen LogP contribution is 2.38. The minimum absolute atomic E-state index is 0.102. The molecule has 2 aliphatic carbocycles. The second-order valence-corrected chi connectivity index (χ2v) is 8.93. The van der Waals surface area contributed by atoms with E-state index in [1.807, 2.05) is 0 Å². The zero-order chi connectivity index (χ0) is 13.5. The molecule has 3 fully saturated rings. The van der Waals surface area contributed by atoms with Gasteiger partial charge in [0.2, 0.25) is 10.0 Å². The van der Waals surface area contributed by atoms with Crippen molar-refractivity contribution in [1.82, 2.24) is 4.31 Å². The lowest BCUT2D eigenvalue weighted by atomic mass is 9.79. The summed E-state index contributed by atoms with van der Waals surface area (Å²) in [5.74, 6) is 1.08. The fraction of sp³-hybridized carbons (Fsp3) is 1.00. The van der Waals surface area contributed by atoms with Crippen LogP contribution in [-0.2, 0) is 10.0 Å². The maximum Gasteiger partial charge on any atom is 0.216 e. The molecule has 19 heavy (non-hydrogen) atoms. The van der Waals surface area contributed by atoms with E-state index in [0.717, 1.165) is 58.0 Å². The van der Waals surface area contributed by atoms with Crippen LogP contribution in [0.15, 0.2) is 0 Å². The Morgan fingerprint density at radius 2 is 1.58 bits per heavy atom. The van der Waals surface area contributed by atoms with Gasteiger partial charge in [-0.25, -0.2) is 12.7 Å². The van der Waals surface area contributed by atoms with Crippen molar-refractivity contribution < 1.29 is 8.42 Å². The molecule has 0 amide bonds. The van der Waals surface area contributed by atoms with E-state index in [1.165, 1.54) is 6.42 Å². The van der Waals surface area contributed by atoms with Gasteiger partial charge in [0.15, 0.2) is 0 Å². The molecule has 0 aromatic carbocycles. The van der Waals surface area contributed by atoms with Crippen molar-refractivity contribution in [2.45, 2.75) is 62.7 Å². The first-order chi connectivity index (χ1) is 9.07. The first-order valence-electron chi connectivity index (χ1n) is 7.82. The van der Waals surface area contributed by atoms with E-state index < -0.39 is 10.0 Å². The molecule has 4 nitrogen and oxygen atoms in total. The predicted molar refractivity (Wildman–Crippen MR) is 76.2 cm³/mol. The highest BCUT2D eigenvalue weighted by Gasteiger charge is 2.43. The van der Waals surface area contributed by atoms with Gasteiger partial charge in [-0.1, -0.05) is 19.3 Å². The third-order valence-electron chi connectivity index (χ3n) is 5.39. The lowest BCUT2D eigenvalue weighted by Gasteiger charge is -2.28. The zero-order valence-corrected chi connectivity index (χ0v) is 12.4. The topological polar surface area (TPSA) is 63.4 Å². The third-order valence-corrected chi connectivity index (χ3v) is 7.72. The third kappa shape index (κ3) is 2.69. The molecule has 1 aliphatic heterocycles. The molecule has 3 atom stereocenters. The quantitative estimate of drug-likeness (QED) is 0.840. The summed E-state index contributed by atoms with van der Waals surface area (Å²) in [4.78, 5) is 0. The second kappa shape index (κ2) is 5.34. The van der Waals surface area contributed by atoms with E-state index in [9.17, 15) is 8.42 Å². The Bertz CT molecular complexity index is 417. The Morgan fingerprint density at radius 1 is 0.895 bits per heavy atom. The molecule has 110 valence electrons. The minimum atomic E-state index is -3.04. The molecule has 1 unspecified atom stereocenters. The first-order valence-corrected chi connectivity index (χ1v) is 9.32. The second-order valence-electron chi connectivity index (χ2n) is 6.72. The average molecular weight is 286 g/mol. The number of nitrogens with zero attached hydrogens (tertiary/aromatic N) is 1. The summed E-state index contributed by atoms with van der Waals surface area (Å²) in [5.41, 5.74) is 6.02. The Kier molecular flexibility index (Phi) is 3.89. The van der Waals surface area contributed by atoms with Gasteiger partial charge in [0, 0.05) is 19.1 Å². The average Bonchev–Trinajstić information content (AvgIpc) is 2.83. The van der Waals surface area contributed by atoms with Crippen LogP contribution in [-0.4, -0.2) is 37.1 Å². The van der Waals surface area contributed by atoms with Gasteiger partial charge < -0.3 is 5.73 Å². The van der Waals surface area contributed by atoms with Crippen LogP contribution in [0, 0.1) is 11.8 Å². The van der Waals surface area contributed by atoms with Gasteiger partial charge in [0.25, 0.3) is 0 Å². The monoisotopic (exact) mass is 286 g/mol. The minimum Gasteiger partial charge on any atom is -0.328 e. The maximum atomic E-state index is 12.7. The lowest BCUT2D eigenvalue weighted by molar-refractivity contribution is 0.271. The van der Waals surface area contributed by atoms with Crippen molar-refractivity contribution in [2.75, 3.05) is 13.1 Å². The van der Waals surface area contributed by atoms with E-state index in [2.05, 4.69) is 0 Å². The predicted octanol–water partition coefficient (Wildman–Crippen LogP) is 1.71. The van der Waals surface area contributed by atoms with E-state index in [0.29, 0.717) is 17.9 Å². The molecule has 0 aromatic heterocycles. The molecule has 0 radical (unpaired) electrons. The van der Waals surface area contributed by atoms with Crippen molar-refractivity contribution in [3.63, 3.8) is 0 Å². The number of hydrogen-bond acceptors (Lipinski definition) is 3. The van der Waals surface area contributed by atoms with E-state index >= 15 is 0 Å². The van der Waals surface area contributed by atoms with Crippen molar-refractivity contribution in [3.05, 3.63) is 0 Å². The van der Waals surface area contributed by atoms with Gasteiger partial charge in [0.05, 0.1) is 5.25 Å². The number of fused-ring (bicyclic) bond motifs is 1. The van der Waals surface area contributed by atoms with E-state index in [4.69, 9.17) is 5.73 Å². The van der Waals surface area contributed by atoms with Crippen LogP contribution in [0.5, 0.6) is 0 Å². The van der Waals surface area contributed by atoms with Gasteiger partial charge in [0.1, 0.15) is 0 Å². The Morgan fingerprint density at radius 3 is 2.32 bits per heavy atom. The first kappa shape index (κ1) is 13.8. The van der Waals surface area contributed by atoms with Crippen LogP contribution in [0.2, 0.25) is 0 Å². The van der Waals surface area contributed by atoms with Gasteiger partial charge in [-0.3, -0.25) is 0 Å².